The van der Waals surface area contributed by atoms with Gasteiger partial charge in [0.05, 0.1) is 10.6 Å². The molecule has 0 saturated carbocycles. The summed E-state index contributed by atoms with van der Waals surface area (Å²) in [4.78, 5) is 23.1. The van der Waals surface area contributed by atoms with Crippen molar-refractivity contribution in [1.82, 2.24) is 5.32 Å². The molecule has 104 valence electrons. The first-order chi connectivity index (χ1) is 8.64. The Bertz CT molecular complexity index is 511. The second-order valence-corrected chi connectivity index (χ2v) is 5.59. The lowest BCUT2D eigenvalue weighted by Crippen LogP contribution is -2.49. The highest BCUT2D eigenvalue weighted by Crippen LogP contribution is 2.22. The molecule has 1 amide bonds. The molecule has 6 heteroatoms. The molecule has 0 bridgehead atoms. The first-order valence-electron chi connectivity index (χ1n) is 5.62. The molecule has 4 nitrogen and oxygen atoms in total. The van der Waals surface area contributed by atoms with Gasteiger partial charge in [0.15, 0.2) is 0 Å². The van der Waals surface area contributed by atoms with Gasteiger partial charge in [0.1, 0.15) is 11.9 Å². The van der Waals surface area contributed by atoms with Gasteiger partial charge in [0.2, 0.25) is 0 Å². The molecule has 19 heavy (non-hydrogen) atoms. The molecule has 0 aromatic heterocycles. The van der Waals surface area contributed by atoms with E-state index in [4.69, 9.17) is 16.7 Å². The monoisotopic (exact) mass is 287 g/mol. The van der Waals surface area contributed by atoms with Crippen molar-refractivity contribution in [2.45, 2.75) is 26.8 Å². The molecule has 2 N–H and O–H groups in total. The van der Waals surface area contributed by atoms with Gasteiger partial charge in [-0.25, -0.2) is 9.18 Å². The van der Waals surface area contributed by atoms with Crippen LogP contribution in [-0.4, -0.2) is 23.0 Å². The Morgan fingerprint density at radius 3 is 2.42 bits per heavy atom. The van der Waals surface area contributed by atoms with Crippen molar-refractivity contribution < 1.29 is 19.1 Å². The van der Waals surface area contributed by atoms with E-state index in [1.54, 1.807) is 20.8 Å². The predicted molar refractivity (Wildman–Crippen MR) is 69.8 cm³/mol. The lowest BCUT2D eigenvalue weighted by Gasteiger charge is -2.27. The van der Waals surface area contributed by atoms with Gasteiger partial charge in [-0.15, -0.1) is 0 Å². The van der Waals surface area contributed by atoms with Gasteiger partial charge in [0.25, 0.3) is 5.91 Å². The zero-order valence-corrected chi connectivity index (χ0v) is 11.6. The summed E-state index contributed by atoms with van der Waals surface area (Å²) in [5.41, 5.74) is -0.765. The van der Waals surface area contributed by atoms with E-state index in [2.05, 4.69) is 5.32 Å². The summed E-state index contributed by atoms with van der Waals surface area (Å²) >= 11 is 5.68. The zero-order chi connectivity index (χ0) is 14.8. The average molecular weight is 288 g/mol. The molecule has 1 atom stereocenters. The Morgan fingerprint density at radius 1 is 1.37 bits per heavy atom. The number of nitrogens with one attached hydrogen (secondary N) is 1. The highest BCUT2D eigenvalue weighted by molar-refractivity contribution is 6.34. The lowest BCUT2D eigenvalue weighted by atomic mass is 9.86. The third kappa shape index (κ3) is 3.67. The summed E-state index contributed by atoms with van der Waals surface area (Å²) < 4.78 is 13.2. The van der Waals surface area contributed by atoms with E-state index in [9.17, 15) is 14.0 Å². The number of carboxylic acid groups (broad SMARTS) is 1. The average Bonchev–Trinajstić information content (AvgIpc) is 2.27. The van der Waals surface area contributed by atoms with E-state index in [0.29, 0.717) is 0 Å². The number of rotatable bonds is 3. The SMILES string of the molecule is CC(C)(C)[C@H](NC(=O)c1cccc(F)c1Cl)C(=O)O. The van der Waals surface area contributed by atoms with Crippen LogP contribution < -0.4 is 5.32 Å². The number of carbonyl (C=O) groups is 2. The molecular formula is C13H15ClFNO3. The summed E-state index contributed by atoms with van der Waals surface area (Å²) in [7, 11) is 0. The van der Waals surface area contributed by atoms with E-state index in [-0.39, 0.29) is 10.6 Å². The molecule has 0 fully saturated rings. The summed E-state index contributed by atoms with van der Waals surface area (Å²) in [6.07, 6.45) is 0. The fraction of sp³-hybridized carbons (Fsp3) is 0.385. The Balaban J connectivity index is 3.02. The number of hydrogen-bond donors (Lipinski definition) is 2. The topological polar surface area (TPSA) is 66.4 Å². The molecule has 0 spiro atoms. The van der Waals surface area contributed by atoms with Gasteiger partial charge < -0.3 is 10.4 Å². The molecule has 0 unspecified atom stereocenters. The number of amides is 1. The molecule has 0 heterocycles. The minimum Gasteiger partial charge on any atom is -0.480 e. The molecule has 0 aliphatic carbocycles. The Kier molecular flexibility index (Phi) is 4.52. The van der Waals surface area contributed by atoms with Crippen LogP contribution in [0.25, 0.3) is 0 Å². The van der Waals surface area contributed by atoms with Gasteiger partial charge in [-0.05, 0) is 17.5 Å². The van der Waals surface area contributed by atoms with Crippen LogP contribution in [-0.2, 0) is 4.79 Å². The van der Waals surface area contributed by atoms with Crippen LogP contribution in [0.4, 0.5) is 4.39 Å². The van der Waals surface area contributed by atoms with Crippen molar-refractivity contribution >= 4 is 23.5 Å². The minimum absolute atomic E-state index is 0.0860. The molecular weight excluding hydrogens is 273 g/mol. The zero-order valence-electron chi connectivity index (χ0n) is 10.8. The van der Waals surface area contributed by atoms with E-state index in [1.807, 2.05) is 0 Å². The summed E-state index contributed by atoms with van der Waals surface area (Å²) in [5.74, 6) is -2.60. The van der Waals surface area contributed by atoms with Gasteiger partial charge >= 0.3 is 5.97 Å². The van der Waals surface area contributed by atoms with Crippen molar-refractivity contribution in [3.8, 4) is 0 Å². The van der Waals surface area contributed by atoms with Crippen LogP contribution >= 0.6 is 11.6 Å². The van der Waals surface area contributed by atoms with Gasteiger partial charge in [-0.2, -0.15) is 0 Å². The number of hydrogen-bond acceptors (Lipinski definition) is 2. The maximum atomic E-state index is 13.2. The smallest absolute Gasteiger partial charge is 0.326 e. The fourth-order valence-corrected chi connectivity index (χ4v) is 1.75. The highest BCUT2D eigenvalue weighted by Gasteiger charge is 2.33. The summed E-state index contributed by atoms with van der Waals surface area (Å²) in [5, 5.41) is 11.1. The quantitative estimate of drug-likeness (QED) is 0.898. The first kappa shape index (κ1) is 15.4. The molecule has 1 aromatic rings. The minimum atomic E-state index is -1.16. The van der Waals surface area contributed by atoms with Crippen molar-refractivity contribution in [1.29, 1.82) is 0 Å². The highest BCUT2D eigenvalue weighted by atomic mass is 35.5. The van der Waals surface area contributed by atoms with Crippen LogP contribution in [0.15, 0.2) is 18.2 Å². The fourth-order valence-electron chi connectivity index (χ4n) is 1.54. The number of carboxylic acids is 1. The largest absolute Gasteiger partial charge is 0.480 e. The number of carbonyl (C=O) groups excluding carboxylic acids is 1. The molecule has 0 aliphatic rings. The maximum absolute atomic E-state index is 13.2. The van der Waals surface area contributed by atoms with Crippen LogP contribution in [0, 0.1) is 11.2 Å². The van der Waals surface area contributed by atoms with Crippen LogP contribution in [0.2, 0.25) is 5.02 Å². The second kappa shape index (κ2) is 5.57. The van der Waals surface area contributed by atoms with Crippen LogP contribution in [0.5, 0.6) is 0 Å². The Hall–Kier alpha value is -1.62. The van der Waals surface area contributed by atoms with E-state index in [0.717, 1.165) is 6.07 Å². The van der Waals surface area contributed by atoms with Crippen molar-refractivity contribution in [2.75, 3.05) is 0 Å². The van der Waals surface area contributed by atoms with Crippen LogP contribution in [0.1, 0.15) is 31.1 Å². The summed E-state index contributed by atoms with van der Waals surface area (Å²) in [6, 6.07) is 2.70. The molecule has 0 saturated heterocycles. The van der Waals surface area contributed by atoms with Gasteiger partial charge in [-0.3, -0.25) is 4.79 Å². The Morgan fingerprint density at radius 2 is 1.95 bits per heavy atom. The number of benzene rings is 1. The molecule has 0 radical (unpaired) electrons. The van der Waals surface area contributed by atoms with E-state index >= 15 is 0 Å². The van der Waals surface area contributed by atoms with E-state index in [1.165, 1.54) is 12.1 Å². The lowest BCUT2D eigenvalue weighted by molar-refractivity contribution is -0.142. The van der Waals surface area contributed by atoms with Crippen molar-refractivity contribution in [3.05, 3.63) is 34.6 Å². The third-order valence-corrected chi connectivity index (χ3v) is 2.97. The summed E-state index contributed by atoms with van der Waals surface area (Å²) in [6.45, 7) is 5.04. The van der Waals surface area contributed by atoms with Crippen molar-refractivity contribution in [2.24, 2.45) is 5.41 Å². The standard InChI is InChI=1S/C13H15ClFNO3/c1-13(2,3)10(12(18)19)16-11(17)7-5-4-6-8(15)9(7)14/h4-6,10H,1-3H3,(H,16,17)(H,18,19)/t10-/m1/s1. The van der Waals surface area contributed by atoms with Gasteiger partial charge in [-0.1, -0.05) is 38.4 Å². The number of halogens is 2. The normalized spacial score (nSPS) is 12.9. The maximum Gasteiger partial charge on any atom is 0.326 e. The molecule has 1 rings (SSSR count). The molecule has 1 aromatic carbocycles. The second-order valence-electron chi connectivity index (χ2n) is 5.21. The van der Waals surface area contributed by atoms with Crippen molar-refractivity contribution in [3.63, 3.8) is 0 Å². The number of aliphatic carboxylic acids is 1. The van der Waals surface area contributed by atoms with Crippen LogP contribution in [0.3, 0.4) is 0 Å². The molecule has 0 aliphatic heterocycles. The van der Waals surface area contributed by atoms with E-state index < -0.39 is 29.2 Å². The first-order valence-corrected chi connectivity index (χ1v) is 6.00. The third-order valence-electron chi connectivity index (χ3n) is 2.58. The van der Waals surface area contributed by atoms with Gasteiger partial charge in [0, 0.05) is 0 Å². The predicted octanol–water partition coefficient (Wildman–Crippen LogP) is 2.71. The Labute approximate surface area is 115 Å².